The SMILES string of the molecule is CCOC(=O)c1cnc2nc(C)ccc2c1Nc1ccc(C)cc1F.Cl. The van der Waals surface area contributed by atoms with Crippen LogP contribution < -0.4 is 5.32 Å². The van der Waals surface area contributed by atoms with E-state index in [4.69, 9.17) is 4.74 Å². The first-order valence-electron chi connectivity index (χ1n) is 7.96. The van der Waals surface area contributed by atoms with Crippen LogP contribution in [0.25, 0.3) is 11.0 Å². The van der Waals surface area contributed by atoms with E-state index in [-0.39, 0.29) is 30.3 Å². The molecule has 0 atom stereocenters. The number of nitrogens with zero attached hydrogens (tertiary/aromatic N) is 2. The topological polar surface area (TPSA) is 64.1 Å². The summed E-state index contributed by atoms with van der Waals surface area (Å²) in [5.74, 6) is -0.924. The number of esters is 1. The Bertz CT molecular complexity index is 963. The third-order valence-electron chi connectivity index (χ3n) is 3.75. The number of rotatable bonds is 4. The van der Waals surface area contributed by atoms with Crippen molar-refractivity contribution < 1.29 is 13.9 Å². The summed E-state index contributed by atoms with van der Waals surface area (Å²) in [4.78, 5) is 20.9. The molecule has 0 aliphatic heterocycles. The highest BCUT2D eigenvalue weighted by Crippen LogP contribution is 2.30. The number of nitrogens with one attached hydrogen (secondary N) is 1. The van der Waals surface area contributed by atoms with Crippen LogP contribution >= 0.6 is 12.4 Å². The molecule has 0 amide bonds. The highest BCUT2D eigenvalue weighted by Gasteiger charge is 2.18. The van der Waals surface area contributed by atoms with Crippen molar-refractivity contribution in [1.29, 1.82) is 0 Å². The van der Waals surface area contributed by atoms with Crippen LogP contribution in [0.1, 0.15) is 28.5 Å². The molecule has 1 N–H and O–H groups in total. The van der Waals surface area contributed by atoms with Crippen LogP contribution in [0.4, 0.5) is 15.8 Å². The second-order valence-electron chi connectivity index (χ2n) is 5.70. The Kier molecular flexibility index (Phi) is 6.10. The second-order valence-corrected chi connectivity index (χ2v) is 5.70. The van der Waals surface area contributed by atoms with Crippen LogP contribution in [0.3, 0.4) is 0 Å². The molecule has 26 heavy (non-hydrogen) atoms. The molecule has 3 aromatic rings. The molecule has 0 aliphatic carbocycles. The van der Waals surface area contributed by atoms with Gasteiger partial charge in [0.2, 0.25) is 0 Å². The molecular formula is C19H19ClFN3O2. The van der Waals surface area contributed by atoms with E-state index in [9.17, 15) is 9.18 Å². The van der Waals surface area contributed by atoms with E-state index in [0.29, 0.717) is 16.7 Å². The monoisotopic (exact) mass is 375 g/mol. The summed E-state index contributed by atoms with van der Waals surface area (Å²) in [5.41, 5.74) is 3.02. The van der Waals surface area contributed by atoms with Crippen molar-refractivity contribution in [3.8, 4) is 0 Å². The number of pyridine rings is 2. The Morgan fingerprint density at radius 3 is 2.69 bits per heavy atom. The van der Waals surface area contributed by atoms with Crippen molar-refractivity contribution >= 4 is 40.8 Å². The van der Waals surface area contributed by atoms with Gasteiger partial charge in [-0.25, -0.2) is 19.2 Å². The van der Waals surface area contributed by atoms with E-state index in [1.54, 1.807) is 19.1 Å². The molecule has 0 unspecified atom stereocenters. The largest absolute Gasteiger partial charge is 0.462 e. The van der Waals surface area contributed by atoms with Gasteiger partial charge in [0.1, 0.15) is 11.4 Å². The minimum atomic E-state index is -0.521. The Hall–Kier alpha value is -2.73. The maximum absolute atomic E-state index is 14.3. The molecule has 2 aromatic heterocycles. The highest BCUT2D eigenvalue weighted by atomic mass is 35.5. The standard InChI is InChI=1S/C19H18FN3O2.ClH/c1-4-25-19(24)14-10-21-18-13(7-6-12(3)22-18)17(14)23-16-8-5-11(2)9-15(16)20;/h5-10H,4H2,1-3H3,(H,21,22,23);1H. The van der Waals surface area contributed by atoms with Crippen molar-refractivity contribution in [1.82, 2.24) is 9.97 Å². The van der Waals surface area contributed by atoms with Gasteiger partial charge in [-0.3, -0.25) is 0 Å². The zero-order chi connectivity index (χ0) is 18.0. The highest BCUT2D eigenvalue weighted by molar-refractivity contribution is 6.05. The van der Waals surface area contributed by atoms with Crippen LogP contribution in [-0.2, 0) is 4.74 Å². The average molecular weight is 376 g/mol. The number of anilines is 2. The molecule has 7 heteroatoms. The second kappa shape index (κ2) is 8.10. The Balaban J connectivity index is 0.00000243. The molecule has 0 spiro atoms. The number of fused-ring (bicyclic) bond motifs is 1. The minimum Gasteiger partial charge on any atom is -0.462 e. The van der Waals surface area contributed by atoms with Crippen molar-refractivity contribution in [2.24, 2.45) is 0 Å². The first-order valence-corrected chi connectivity index (χ1v) is 7.96. The van der Waals surface area contributed by atoms with E-state index in [2.05, 4.69) is 15.3 Å². The van der Waals surface area contributed by atoms with Gasteiger partial charge in [0.05, 0.1) is 18.0 Å². The van der Waals surface area contributed by atoms with Crippen LogP contribution in [0.5, 0.6) is 0 Å². The zero-order valence-corrected chi connectivity index (χ0v) is 15.5. The van der Waals surface area contributed by atoms with Crippen LogP contribution in [0.2, 0.25) is 0 Å². The van der Waals surface area contributed by atoms with Gasteiger partial charge in [0, 0.05) is 17.3 Å². The summed E-state index contributed by atoms with van der Waals surface area (Å²) in [7, 11) is 0. The van der Waals surface area contributed by atoms with E-state index in [0.717, 1.165) is 11.3 Å². The van der Waals surface area contributed by atoms with Gasteiger partial charge in [-0.2, -0.15) is 0 Å². The molecule has 3 rings (SSSR count). The van der Waals surface area contributed by atoms with Crippen LogP contribution in [0.15, 0.2) is 36.5 Å². The van der Waals surface area contributed by atoms with Gasteiger partial charge in [-0.05, 0) is 50.6 Å². The van der Waals surface area contributed by atoms with Crippen LogP contribution in [-0.4, -0.2) is 22.5 Å². The van der Waals surface area contributed by atoms with E-state index in [1.165, 1.54) is 12.3 Å². The number of aryl methyl sites for hydroxylation is 2. The number of hydrogen-bond acceptors (Lipinski definition) is 5. The fourth-order valence-corrected chi connectivity index (χ4v) is 2.53. The molecule has 0 saturated heterocycles. The lowest BCUT2D eigenvalue weighted by atomic mass is 10.1. The maximum Gasteiger partial charge on any atom is 0.341 e. The van der Waals surface area contributed by atoms with Gasteiger partial charge in [-0.1, -0.05) is 6.07 Å². The Morgan fingerprint density at radius 2 is 2.00 bits per heavy atom. The zero-order valence-electron chi connectivity index (χ0n) is 14.7. The van der Waals surface area contributed by atoms with E-state index in [1.807, 2.05) is 26.0 Å². The molecule has 2 heterocycles. The smallest absolute Gasteiger partial charge is 0.341 e. The molecule has 0 radical (unpaired) electrons. The molecule has 5 nitrogen and oxygen atoms in total. The van der Waals surface area contributed by atoms with E-state index >= 15 is 0 Å². The van der Waals surface area contributed by atoms with Gasteiger partial charge in [-0.15, -0.1) is 12.4 Å². The molecule has 1 aromatic carbocycles. The van der Waals surface area contributed by atoms with Gasteiger partial charge < -0.3 is 10.1 Å². The number of aromatic nitrogens is 2. The lowest BCUT2D eigenvalue weighted by Crippen LogP contribution is -2.10. The molecule has 0 aliphatic rings. The summed E-state index contributed by atoms with van der Waals surface area (Å²) in [5, 5.41) is 3.64. The fourth-order valence-electron chi connectivity index (χ4n) is 2.53. The average Bonchev–Trinajstić information content (AvgIpc) is 2.57. The van der Waals surface area contributed by atoms with Crippen molar-refractivity contribution in [2.75, 3.05) is 11.9 Å². The predicted octanol–water partition coefficient (Wildman–Crippen LogP) is 4.73. The summed E-state index contributed by atoms with van der Waals surface area (Å²) in [6.07, 6.45) is 1.40. The minimum absolute atomic E-state index is 0. The van der Waals surface area contributed by atoms with Crippen LogP contribution in [0, 0.1) is 19.7 Å². The van der Waals surface area contributed by atoms with Gasteiger partial charge in [0.25, 0.3) is 0 Å². The summed E-state index contributed by atoms with van der Waals surface area (Å²) >= 11 is 0. The molecule has 0 fully saturated rings. The summed E-state index contributed by atoms with van der Waals surface area (Å²) in [6.45, 7) is 5.63. The maximum atomic E-state index is 14.3. The molecule has 136 valence electrons. The first kappa shape index (κ1) is 19.6. The number of benzene rings is 1. The van der Waals surface area contributed by atoms with Crippen molar-refractivity contribution in [3.63, 3.8) is 0 Å². The van der Waals surface area contributed by atoms with Gasteiger partial charge in [0.15, 0.2) is 5.65 Å². The number of carbonyl (C=O) groups excluding carboxylic acids is 1. The lowest BCUT2D eigenvalue weighted by molar-refractivity contribution is 0.0527. The summed E-state index contributed by atoms with van der Waals surface area (Å²) < 4.78 is 19.4. The fraction of sp³-hybridized carbons (Fsp3) is 0.211. The van der Waals surface area contributed by atoms with Gasteiger partial charge >= 0.3 is 5.97 Å². The van der Waals surface area contributed by atoms with Crippen molar-refractivity contribution in [2.45, 2.75) is 20.8 Å². The number of ether oxygens (including phenoxy) is 1. The normalized spacial score (nSPS) is 10.3. The predicted molar refractivity (Wildman–Crippen MR) is 102 cm³/mol. The van der Waals surface area contributed by atoms with E-state index < -0.39 is 11.8 Å². The number of carbonyl (C=O) groups is 1. The molecule has 0 saturated carbocycles. The Morgan fingerprint density at radius 1 is 1.23 bits per heavy atom. The number of hydrogen-bond donors (Lipinski definition) is 1. The molecular weight excluding hydrogens is 357 g/mol. The Labute approximate surface area is 157 Å². The first-order chi connectivity index (χ1) is 12.0. The number of halogens is 2. The third-order valence-corrected chi connectivity index (χ3v) is 3.75. The summed E-state index contributed by atoms with van der Waals surface area (Å²) in [6, 6.07) is 8.48. The third kappa shape index (κ3) is 3.91. The quantitative estimate of drug-likeness (QED) is 0.668. The van der Waals surface area contributed by atoms with Crippen molar-refractivity contribution in [3.05, 3.63) is 59.2 Å². The lowest BCUT2D eigenvalue weighted by Gasteiger charge is -2.14. The molecule has 0 bridgehead atoms.